The van der Waals surface area contributed by atoms with Crippen LogP contribution in [0.5, 0.6) is 0 Å². The van der Waals surface area contributed by atoms with Crippen LogP contribution in [0.15, 0.2) is 97.1 Å². The highest BCUT2D eigenvalue weighted by molar-refractivity contribution is 6.19. The number of aromatic nitrogens is 2. The van der Waals surface area contributed by atoms with Crippen molar-refractivity contribution in [2.45, 2.75) is 19.3 Å². The van der Waals surface area contributed by atoms with Gasteiger partial charge in [0.05, 0.1) is 22.6 Å². The summed E-state index contributed by atoms with van der Waals surface area (Å²) in [6.07, 6.45) is 0. The van der Waals surface area contributed by atoms with Crippen molar-refractivity contribution in [3.63, 3.8) is 0 Å². The molecule has 0 N–H and O–H groups in total. The molecule has 6 aromatic rings. The Balaban J connectivity index is 1.71. The highest BCUT2D eigenvalue weighted by atomic mass is 14.7. The summed E-state index contributed by atoms with van der Waals surface area (Å²) in [7, 11) is 0. The Morgan fingerprint density at radius 3 is 2.18 bits per heavy atom. The summed E-state index contributed by atoms with van der Waals surface area (Å²) in [6.45, 7) is 4.50. The van der Waals surface area contributed by atoms with Gasteiger partial charge in [-0.1, -0.05) is 80.6 Å². The third-order valence-corrected chi connectivity index (χ3v) is 7.22. The Morgan fingerprint density at radius 2 is 1.27 bits per heavy atom. The summed E-state index contributed by atoms with van der Waals surface area (Å²) in [5.74, 6) is 0. The smallest absolute Gasteiger partial charge is 0.0794 e. The fourth-order valence-corrected chi connectivity index (χ4v) is 5.20. The van der Waals surface area contributed by atoms with Crippen LogP contribution in [0.4, 0.5) is 0 Å². The molecule has 0 saturated heterocycles. The number of rotatable bonds is 0. The molecular weight excluding hydrogens is 400 g/mol. The van der Waals surface area contributed by atoms with Crippen molar-refractivity contribution in [1.82, 2.24) is 9.97 Å². The predicted molar refractivity (Wildman–Crippen MR) is 138 cm³/mol. The lowest BCUT2D eigenvalue weighted by Crippen LogP contribution is -2.20. The third kappa shape index (κ3) is 2.67. The normalized spacial score (nSPS) is 14.0. The van der Waals surface area contributed by atoms with Gasteiger partial charge in [0.2, 0.25) is 0 Å². The Bertz CT molecular complexity index is 1620. The van der Waals surface area contributed by atoms with E-state index in [1.54, 1.807) is 0 Å². The zero-order valence-corrected chi connectivity index (χ0v) is 18.6. The van der Waals surface area contributed by atoms with Crippen molar-refractivity contribution in [3.05, 3.63) is 108 Å². The summed E-state index contributed by atoms with van der Waals surface area (Å²) < 4.78 is 0. The molecule has 2 nitrogen and oxygen atoms in total. The van der Waals surface area contributed by atoms with Crippen molar-refractivity contribution in [3.8, 4) is 22.5 Å². The highest BCUT2D eigenvalue weighted by Gasteiger charge is 2.26. The van der Waals surface area contributed by atoms with Gasteiger partial charge >= 0.3 is 0 Å². The molecule has 0 atom stereocenters. The summed E-state index contributed by atoms with van der Waals surface area (Å²) in [4.78, 5) is 10.4. The standard InChI is InChI=1S/C31H22N2/c1-31(2)24-6-3-5-22(17-24)27-16-15-21-13-12-20-11-9-19-10-14-23(26-7-4-8-28(31)32-26)18-25(19)29(20)30(21)33-27/h3-18H,1-2H3. The van der Waals surface area contributed by atoms with Crippen LogP contribution < -0.4 is 0 Å². The molecule has 33 heavy (non-hydrogen) atoms. The minimum Gasteiger partial charge on any atom is -0.252 e. The summed E-state index contributed by atoms with van der Waals surface area (Å²) in [5, 5.41) is 6.01. The van der Waals surface area contributed by atoms with Crippen molar-refractivity contribution in [2.24, 2.45) is 0 Å². The molecular formula is C31H22N2. The minimum absolute atomic E-state index is 0.234. The molecule has 7 rings (SSSR count). The lowest BCUT2D eigenvalue weighted by molar-refractivity contribution is 0.618. The average molecular weight is 423 g/mol. The lowest BCUT2D eigenvalue weighted by atomic mass is 9.80. The second-order valence-corrected chi connectivity index (χ2v) is 9.55. The number of hydrogen-bond donors (Lipinski definition) is 0. The predicted octanol–water partition coefficient (Wildman–Crippen LogP) is 7.91. The van der Waals surface area contributed by atoms with E-state index in [0.29, 0.717) is 0 Å². The monoisotopic (exact) mass is 422 g/mol. The molecule has 0 aliphatic carbocycles. The molecule has 8 bridgehead atoms. The lowest BCUT2D eigenvalue weighted by Gasteiger charge is -2.26. The SMILES string of the molecule is CC1(C)c2cccc(c2)-c2ccc3ccc4ccc5ccc(cc5c4c3n2)-c2cccc1n2. The van der Waals surface area contributed by atoms with Gasteiger partial charge in [0.15, 0.2) is 0 Å². The fraction of sp³-hybridized carbons (Fsp3) is 0.0968. The zero-order valence-electron chi connectivity index (χ0n) is 18.6. The molecule has 4 aromatic carbocycles. The maximum Gasteiger partial charge on any atom is 0.0794 e. The maximum atomic E-state index is 5.23. The van der Waals surface area contributed by atoms with E-state index in [-0.39, 0.29) is 5.41 Å². The molecule has 0 fully saturated rings. The first-order valence-electron chi connectivity index (χ1n) is 11.4. The second-order valence-electron chi connectivity index (χ2n) is 9.55. The highest BCUT2D eigenvalue weighted by Crippen LogP contribution is 2.37. The van der Waals surface area contributed by atoms with E-state index in [0.717, 1.165) is 39.1 Å². The molecule has 0 amide bonds. The number of nitrogens with zero attached hydrogens (tertiary/aromatic N) is 2. The number of pyridine rings is 2. The largest absolute Gasteiger partial charge is 0.252 e. The van der Waals surface area contributed by atoms with Crippen LogP contribution in [0.2, 0.25) is 0 Å². The van der Waals surface area contributed by atoms with E-state index in [9.17, 15) is 0 Å². The topological polar surface area (TPSA) is 25.8 Å². The van der Waals surface area contributed by atoms with Gasteiger partial charge in [-0.2, -0.15) is 0 Å². The van der Waals surface area contributed by atoms with E-state index in [1.807, 2.05) is 0 Å². The number of hydrogen-bond acceptors (Lipinski definition) is 2. The summed E-state index contributed by atoms with van der Waals surface area (Å²) >= 11 is 0. The Kier molecular flexibility index (Phi) is 3.64. The van der Waals surface area contributed by atoms with Crippen molar-refractivity contribution in [1.29, 1.82) is 0 Å². The Morgan fingerprint density at radius 1 is 0.576 bits per heavy atom. The van der Waals surface area contributed by atoms with Crippen LogP contribution in [0.1, 0.15) is 25.1 Å². The maximum absolute atomic E-state index is 5.23. The molecule has 2 aromatic heterocycles. The van der Waals surface area contributed by atoms with Crippen LogP contribution in [0, 0.1) is 0 Å². The zero-order chi connectivity index (χ0) is 22.2. The first kappa shape index (κ1) is 18.5. The third-order valence-electron chi connectivity index (χ3n) is 7.22. The van der Waals surface area contributed by atoms with E-state index in [1.165, 1.54) is 27.1 Å². The minimum atomic E-state index is -0.234. The molecule has 0 spiro atoms. The van der Waals surface area contributed by atoms with E-state index in [4.69, 9.17) is 9.97 Å². The van der Waals surface area contributed by atoms with Gasteiger partial charge < -0.3 is 0 Å². The number of fused-ring (bicyclic) bond motifs is 8. The number of benzene rings is 4. The molecule has 3 heterocycles. The first-order chi connectivity index (χ1) is 16.1. The van der Waals surface area contributed by atoms with Crippen LogP contribution in [-0.2, 0) is 5.41 Å². The van der Waals surface area contributed by atoms with Gasteiger partial charge in [0, 0.05) is 27.3 Å². The molecule has 2 heteroatoms. The molecule has 156 valence electrons. The van der Waals surface area contributed by atoms with Gasteiger partial charge in [0.1, 0.15) is 0 Å². The van der Waals surface area contributed by atoms with E-state index < -0.39 is 0 Å². The molecule has 0 radical (unpaired) electrons. The molecule has 0 unspecified atom stereocenters. The quantitative estimate of drug-likeness (QED) is 0.232. The van der Waals surface area contributed by atoms with Crippen LogP contribution in [-0.4, -0.2) is 9.97 Å². The second kappa shape index (κ2) is 6.49. The van der Waals surface area contributed by atoms with Gasteiger partial charge in [-0.15, -0.1) is 0 Å². The summed E-state index contributed by atoms with van der Waals surface area (Å²) in [5.41, 5.74) is 7.38. The van der Waals surface area contributed by atoms with Gasteiger partial charge in [-0.05, 0) is 52.1 Å². The average Bonchev–Trinajstić information content (AvgIpc) is 2.87. The summed E-state index contributed by atoms with van der Waals surface area (Å²) in [6, 6.07) is 35.0. The van der Waals surface area contributed by atoms with Crippen molar-refractivity contribution >= 4 is 32.4 Å². The van der Waals surface area contributed by atoms with Gasteiger partial charge in [-0.25, -0.2) is 4.98 Å². The van der Waals surface area contributed by atoms with E-state index in [2.05, 4.69) is 111 Å². The van der Waals surface area contributed by atoms with Crippen LogP contribution in [0.3, 0.4) is 0 Å². The first-order valence-corrected chi connectivity index (χ1v) is 11.4. The van der Waals surface area contributed by atoms with Crippen LogP contribution >= 0.6 is 0 Å². The molecule has 0 saturated carbocycles. The van der Waals surface area contributed by atoms with Crippen molar-refractivity contribution in [2.75, 3.05) is 0 Å². The molecule has 1 aliphatic heterocycles. The Labute approximate surface area is 192 Å². The Hall–Kier alpha value is -4.04. The van der Waals surface area contributed by atoms with E-state index >= 15 is 0 Å². The fourth-order valence-electron chi connectivity index (χ4n) is 5.20. The van der Waals surface area contributed by atoms with Crippen LogP contribution in [0.25, 0.3) is 55.0 Å². The molecule has 1 aliphatic rings. The van der Waals surface area contributed by atoms with Gasteiger partial charge in [0.25, 0.3) is 0 Å². The van der Waals surface area contributed by atoms with Crippen molar-refractivity contribution < 1.29 is 0 Å². The van der Waals surface area contributed by atoms with Gasteiger partial charge in [-0.3, -0.25) is 4.98 Å².